The van der Waals surface area contributed by atoms with Crippen LogP contribution in [0.3, 0.4) is 0 Å². The Labute approximate surface area is 138 Å². The molecule has 0 aliphatic heterocycles. The fourth-order valence-electron chi connectivity index (χ4n) is 1.88. The van der Waals surface area contributed by atoms with Crippen LogP contribution in [0.4, 0.5) is 13.2 Å². The Morgan fingerprint density at radius 2 is 1.76 bits per heavy atom. The molecule has 2 nitrogen and oxygen atoms in total. The number of nitrogens with two attached hydrogens (primary N) is 1. The van der Waals surface area contributed by atoms with Gasteiger partial charge in [-0.25, -0.2) is 0 Å². The molecular formula is C14H10ClF3INO. The van der Waals surface area contributed by atoms with E-state index in [0.717, 1.165) is 3.57 Å². The molecule has 7 heteroatoms. The molecule has 0 spiro atoms. The van der Waals surface area contributed by atoms with Crippen molar-refractivity contribution < 1.29 is 17.9 Å². The zero-order chi connectivity index (χ0) is 15.6. The second kappa shape index (κ2) is 6.41. The van der Waals surface area contributed by atoms with E-state index in [9.17, 15) is 13.2 Å². The van der Waals surface area contributed by atoms with Gasteiger partial charge in [-0.15, -0.1) is 13.2 Å². The first-order valence-electron chi connectivity index (χ1n) is 5.83. The highest BCUT2D eigenvalue weighted by molar-refractivity contribution is 14.1. The Bertz CT molecular complexity index is 648. The van der Waals surface area contributed by atoms with E-state index in [1.807, 2.05) is 0 Å². The Hall–Kier alpha value is -0.990. The summed E-state index contributed by atoms with van der Waals surface area (Å²) in [6, 6.07) is 10.1. The summed E-state index contributed by atoms with van der Waals surface area (Å²) < 4.78 is 42.2. The quantitative estimate of drug-likeness (QED) is 0.708. The second-order valence-corrected chi connectivity index (χ2v) is 5.83. The van der Waals surface area contributed by atoms with Crippen molar-refractivity contribution in [2.24, 2.45) is 5.73 Å². The van der Waals surface area contributed by atoms with Gasteiger partial charge in [0.2, 0.25) is 0 Å². The fraction of sp³-hybridized carbons (Fsp3) is 0.143. The molecule has 0 saturated carbocycles. The largest absolute Gasteiger partial charge is 0.573 e. The highest BCUT2D eigenvalue weighted by atomic mass is 127. The predicted molar refractivity (Wildman–Crippen MR) is 83.3 cm³/mol. The summed E-state index contributed by atoms with van der Waals surface area (Å²) in [5, 5.41) is 0.468. The fourth-order valence-corrected chi connectivity index (χ4v) is 2.73. The van der Waals surface area contributed by atoms with E-state index in [1.165, 1.54) is 18.2 Å². The minimum Gasteiger partial charge on any atom is -0.405 e. The number of para-hydroxylation sites is 1. The average Bonchev–Trinajstić information content (AvgIpc) is 2.39. The van der Waals surface area contributed by atoms with Gasteiger partial charge in [-0.3, -0.25) is 0 Å². The normalized spacial score (nSPS) is 13.0. The SMILES string of the molecule is NC(c1cc(Cl)ccc1I)c1ccccc1OC(F)(F)F. The third kappa shape index (κ3) is 4.24. The van der Waals surface area contributed by atoms with E-state index in [2.05, 4.69) is 27.3 Å². The molecule has 1 unspecified atom stereocenters. The number of halogens is 5. The minimum atomic E-state index is -4.77. The van der Waals surface area contributed by atoms with Crippen molar-refractivity contribution in [1.29, 1.82) is 0 Å². The van der Waals surface area contributed by atoms with Gasteiger partial charge in [0.05, 0.1) is 6.04 Å². The summed E-state index contributed by atoms with van der Waals surface area (Å²) in [5.74, 6) is -0.312. The zero-order valence-corrected chi connectivity index (χ0v) is 13.4. The summed E-state index contributed by atoms with van der Waals surface area (Å²) in [4.78, 5) is 0. The number of alkyl halides is 3. The van der Waals surface area contributed by atoms with Crippen molar-refractivity contribution in [3.05, 3.63) is 62.2 Å². The van der Waals surface area contributed by atoms with Gasteiger partial charge in [0.1, 0.15) is 5.75 Å². The van der Waals surface area contributed by atoms with Crippen molar-refractivity contribution >= 4 is 34.2 Å². The standard InChI is InChI=1S/C14H10ClF3INO/c15-8-5-6-11(19)10(7-8)13(20)9-3-1-2-4-12(9)21-14(16,17)18/h1-7,13H,20H2. The lowest BCUT2D eigenvalue weighted by Gasteiger charge is -2.19. The molecule has 0 amide bonds. The number of hydrogen-bond donors (Lipinski definition) is 1. The average molecular weight is 428 g/mol. The number of rotatable bonds is 3. The van der Waals surface area contributed by atoms with Gasteiger partial charge in [-0.2, -0.15) is 0 Å². The molecule has 0 fully saturated rings. The Morgan fingerprint density at radius 3 is 2.43 bits per heavy atom. The Kier molecular flexibility index (Phi) is 5.00. The molecule has 21 heavy (non-hydrogen) atoms. The first kappa shape index (κ1) is 16.4. The van der Waals surface area contributed by atoms with Crippen LogP contribution < -0.4 is 10.5 Å². The van der Waals surface area contributed by atoms with Crippen molar-refractivity contribution in [2.75, 3.05) is 0 Å². The van der Waals surface area contributed by atoms with Crippen LogP contribution in [0.1, 0.15) is 17.2 Å². The molecule has 0 aliphatic rings. The first-order chi connectivity index (χ1) is 9.78. The summed E-state index contributed by atoms with van der Waals surface area (Å²) in [7, 11) is 0. The van der Waals surface area contributed by atoms with E-state index in [-0.39, 0.29) is 11.3 Å². The molecular weight excluding hydrogens is 418 g/mol. The van der Waals surface area contributed by atoms with Crippen molar-refractivity contribution in [1.82, 2.24) is 0 Å². The van der Waals surface area contributed by atoms with Crippen LogP contribution in [-0.4, -0.2) is 6.36 Å². The Balaban J connectivity index is 2.44. The van der Waals surface area contributed by atoms with E-state index in [1.54, 1.807) is 24.3 Å². The highest BCUT2D eigenvalue weighted by Crippen LogP contribution is 2.34. The second-order valence-electron chi connectivity index (χ2n) is 4.23. The summed E-state index contributed by atoms with van der Waals surface area (Å²) in [6.07, 6.45) is -4.77. The molecule has 2 aromatic rings. The molecule has 0 saturated heterocycles. The molecule has 2 aromatic carbocycles. The van der Waals surface area contributed by atoms with Crippen molar-refractivity contribution in [2.45, 2.75) is 12.4 Å². The third-order valence-corrected chi connectivity index (χ3v) is 3.99. The summed E-state index contributed by atoms with van der Waals surface area (Å²) in [5.41, 5.74) is 6.98. The van der Waals surface area contributed by atoms with Gasteiger partial charge in [-0.1, -0.05) is 29.8 Å². The maximum absolute atomic E-state index is 12.4. The van der Waals surface area contributed by atoms with Crippen LogP contribution in [0.2, 0.25) is 5.02 Å². The summed E-state index contributed by atoms with van der Waals surface area (Å²) >= 11 is 7.98. The van der Waals surface area contributed by atoms with E-state index in [4.69, 9.17) is 17.3 Å². The lowest BCUT2D eigenvalue weighted by atomic mass is 9.99. The monoisotopic (exact) mass is 427 g/mol. The van der Waals surface area contributed by atoms with Gasteiger partial charge in [0.15, 0.2) is 0 Å². The first-order valence-corrected chi connectivity index (χ1v) is 7.29. The molecule has 2 rings (SSSR count). The molecule has 0 aromatic heterocycles. The lowest BCUT2D eigenvalue weighted by molar-refractivity contribution is -0.274. The van der Waals surface area contributed by atoms with Gasteiger partial charge in [-0.05, 0) is 52.4 Å². The van der Waals surface area contributed by atoms with Crippen LogP contribution in [0.15, 0.2) is 42.5 Å². The van der Waals surface area contributed by atoms with Gasteiger partial charge < -0.3 is 10.5 Å². The zero-order valence-electron chi connectivity index (χ0n) is 10.5. The number of ether oxygens (including phenoxy) is 1. The van der Waals surface area contributed by atoms with Crippen LogP contribution in [0, 0.1) is 3.57 Å². The lowest BCUT2D eigenvalue weighted by Crippen LogP contribution is -2.21. The molecule has 112 valence electrons. The molecule has 1 atom stereocenters. The molecule has 0 bridgehead atoms. The van der Waals surface area contributed by atoms with Crippen LogP contribution in [0.25, 0.3) is 0 Å². The third-order valence-electron chi connectivity index (χ3n) is 2.77. The van der Waals surface area contributed by atoms with Gasteiger partial charge in [0, 0.05) is 14.2 Å². The minimum absolute atomic E-state index is 0.245. The maximum Gasteiger partial charge on any atom is 0.573 e. The molecule has 0 heterocycles. The number of benzene rings is 2. The van der Waals surface area contributed by atoms with E-state index >= 15 is 0 Å². The van der Waals surface area contributed by atoms with Gasteiger partial charge >= 0.3 is 6.36 Å². The highest BCUT2D eigenvalue weighted by Gasteiger charge is 2.32. The van der Waals surface area contributed by atoms with Crippen LogP contribution >= 0.6 is 34.2 Å². The molecule has 2 N–H and O–H groups in total. The smallest absolute Gasteiger partial charge is 0.405 e. The molecule has 0 radical (unpaired) electrons. The van der Waals surface area contributed by atoms with Crippen LogP contribution in [0.5, 0.6) is 5.75 Å². The van der Waals surface area contributed by atoms with E-state index in [0.29, 0.717) is 10.6 Å². The van der Waals surface area contributed by atoms with Crippen molar-refractivity contribution in [3.8, 4) is 5.75 Å². The maximum atomic E-state index is 12.4. The molecule has 0 aliphatic carbocycles. The Morgan fingerprint density at radius 1 is 1.10 bits per heavy atom. The van der Waals surface area contributed by atoms with E-state index < -0.39 is 12.4 Å². The van der Waals surface area contributed by atoms with Crippen molar-refractivity contribution in [3.63, 3.8) is 0 Å². The topological polar surface area (TPSA) is 35.2 Å². The summed E-state index contributed by atoms with van der Waals surface area (Å²) in [6.45, 7) is 0. The van der Waals surface area contributed by atoms with Crippen LogP contribution in [-0.2, 0) is 0 Å². The predicted octanol–water partition coefficient (Wildman–Crippen LogP) is 4.89. The van der Waals surface area contributed by atoms with Gasteiger partial charge in [0.25, 0.3) is 0 Å². The number of hydrogen-bond acceptors (Lipinski definition) is 2.